The number of aromatic nitrogens is 4. The molecule has 0 spiro atoms. The largest absolute Gasteiger partial charge is 0.354 e. The second-order valence-corrected chi connectivity index (χ2v) is 7.85. The van der Waals surface area contributed by atoms with Crippen LogP contribution < -0.4 is 10.9 Å². The second-order valence-electron chi connectivity index (χ2n) is 7.85. The quantitative estimate of drug-likeness (QED) is 0.736. The van der Waals surface area contributed by atoms with E-state index in [-0.39, 0.29) is 23.4 Å². The highest BCUT2D eigenvalue weighted by Gasteiger charge is 2.26. The van der Waals surface area contributed by atoms with Crippen LogP contribution in [0.3, 0.4) is 0 Å². The number of hydrogen-bond donors (Lipinski definition) is 1. The van der Waals surface area contributed by atoms with Crippen molar-refractivity contribution in [3.05, 3.63) is 40.4 Å². The van der Waals surface area contributed by atoms with Crippen LogP contribution in [-0.2, 0) is 18.4 Å². The average molecular weight is 382 g/mol. The molecule has 1 N–H and O–H groups in total. The third-order valence-corrected chi connectivity index (χ3v) is 5.45. The zero-order chi connectivity index (χ0) is 19.8. The van der Waals surface area contributed by atoms with Crippen molar-refractivity contribution in [2.24, 2.45) is 13.0 Å². The summed E-state index contributed by atoms with van der Waals surface area (Å²) in [7, 11) is 1.72. The van der Waals surface area contributed by atoms with Gasteiger partial charge in [0, 0.05) is 19.0 Å². The Labute approximate surface area is 163 Å². The van der Waals surface area contributed by atoms with Crippen LogP contribution in [0.15, 0.2) is 29.1 Å². The molecular weight excluding hydrogens is 356 g/mol. The summed E-state index contributed by atoms with van der Waals surface area (Å²) in [5.74, 6) is 1.59. The van der Waals surface area contributed by atoms with Gasteiger partial charge in [0.05, 0.1) is 17.4 Å². The maximum absolute atomic E-state index is 12.6. The van der Waals surface area contributed by atoms with Gasteiger partial charge in [-0.1, -0.05) is 12.1 Å². The van der Waals surface area contributed by atoms with Gasteiger partial charge in [-0.25, -0.2) is 0 Å². The van der Waals surface area contributed by atoms with E-state index in [1.165, 1.54) is 0 Å². The minimum atomic E-state index is -0.0703. The first-order chi connectivity index (χ1) is 13.5. The predicted molar refractivity (Wildman–Crippen MR) is 107 cm³/mol. The van der Waals surface area contributed by atoms with Gasteiger partial charge in [-0.05, 0) is 51.9 Å². The summed E-state index contributed by atoms with van der Waals surface area (Å²) < 4.78 is 3.51. The van der Waals surface area contributed by atoms with E-state index in [4.69, 9.17) is 0 Å². The smallest absolute Gasteiger partial charge is 0.262 e. The fraction of sp³-hybridized carbons (Fsp3) is 0.500. The van der Waals surface area contributed by atoms with Crippen molar-refractivity contribution in [2.75, 3.05) is 13.1 Å². The number of fused-ring (bicyclic) bond motifs is 3. The number of piperidine rings is 1. The molecule has 0 unspecified atom stereocenters. The summed E-state index contributed by atoms with van der Waals surface area (Å²) in [6.45, 7) is 6.30. The van der Waals surface area contributed by atoms with E-state index in [0.29, 0.717) is 17.7 Å². The van der Waals surface area contributed by atoms with Crippen molar-refractivity contribution in [3.63, 3.8) is 0 Å². The van der Waals surface area contributed by atoms with Gasteiger partial charge in [0.2, 0.25) is 11.7 Å². The van der Waals surface area contributed by atoms with Crippen LogP contribution in [-0.4, -0.2) is 49.1 Å². The molecule has 1 aliphatic rings. The SMILES string of the molecule is CC(C)NC(=O)C1CCN(Cc2nnc3n(C)c(=O)c4ccccc4n23)CC1. The number of nitrogens with one attached hydrogen (secondary N) is 1. The number of amides is 1. The maximum atomic E-state index is 12.6. The van der Waals surface area contributed by atoms with E-state index in [1.807, 2.05) is 42.5 Å². The van der Waals surface area contributed by atoms with Crippen LogP contribution in [0.25, 0.3) is 16.7 Å². The van der Waals surface area contributed by atoms with Crippen LogP contribution >= 0.6 is 0 Å². The zero-order valence-electron chi connectivity index (χ0n) is 16.6. The maximum Gasteiger partial charge on any atom is 0.262 e. The number of benzene rings is 1. The Balaban J connectivity index is 1.57. The molecule has 28 heavy (non-hydrogen) atoms. The van der Waals surface area contributed by atoms with E-state index in [1.54, 1.807) is 11.6 Å². The van der Waals surface area contributed by atoms with E-state index in [0.717, 1.165) is 37.3 Å². The van der Waals surface area contributed by atoms with Crippen molar-refractivity contribution in [1.29, 1.82) is 0 Å². The Hall–Kier alpha value is -2.74. The van der Waals surface area contributed by atoms with E-state index in [9.17, 15) is 9.59 Å². The minimum absolute atomic E-state index is 0.0703. The first kappa shape index (κ1) is 18.6. The summed E-state index contributed by atoms with van der Waals surface area (Å²) in [6, 6.07) is 7.72. The molecule has 4 rings (SSSR count). The van der Waals surface area contributed by atoms with Gasteiger partial charge in [0.25, 0.3) is 5.56 Å². The Morgan fingerprint density at radius 2 is 1.93 bits per heavy atom. The van der Waals surface area contributed by atoms with Crippen molar-refractivity contribution >= 4 is 22.6 Å². The number of likely N-dealkylation sites (tertiary alicyclic amines) is 1. The standard InChI is InChI=1S/C20H26N6O2/c1-13(2)21-18(27)14-8-10-25(11-9-14)12-17-22-23-20-24(3)19(28)15-6-4-5-7-16(15)26(17)20/h4-7,13-14H,8-12H2,1-3H3,(H,21,27). The average Bonchev–Trinajstić information content (AvgIpc) is 3.10. The number of hydrogen-bond acceptors (Lipinski definition) is 5. The van der Waals surface area contributed by atoms with Gasteiger partial charge >= 0.3 is 0 Å². The van der Waals surface area contributed by atoms with Gasteiger partial charge < -0.3 is 5.32 Å². The molecule has 1 fully saturated rings. The van der Waals surface area contributed by atoms with Crippen molar-refractivity contribution in [2.45, 2.75) is 39.3 Å². The van der Waals surface area contributed by atoms with Crippen molar-refractivity contribution in [1.82, 2.24) is 29.4 Å². The fourth-order valence-electron chi connectivity index (χ4n) is 3.95. The number of para-hydroxylation sites is 1. The molecule has 0 atom stereocenters. The Kier molecular flexibility index (Phi) is 4.89. The summed E-state index contributed by atoms with van der Waals surface area (Å²) >= 11 is 0. The lowest BCUT2D eigenvalue weighted by Gasteiger charge is -2.31. The summed E-state index contributed by atoms with van der Waals surface area (Å²) in [5, 5.41) is 12.3. The van der Waals surface area contributed by atoms with Crippen LogP contribution in [0, 0.1) is 5.92 Å². The first-order valence-electron chi connectivity index (χ1n) is 9.80. The highest BCUT2D eigenvalue weighted by atomic mass is 16.2. The number of aryl methyl sites for hydroxylation is 1. The molecule has 2 aromatic heterocycles. The summed E-state index contributed by atoms with van der Waals surface area (Å²) in [5.41, 5.74) is 0.755. The molecular formula is C20H26N6O2. The molecule has 8 nitrogen and oxygen atoms in total. The fourth-order valence-corrected chi connectivity index (χ4v) is 3.95. The molecule has 1 amide bonds. The lowest BCUT2D eigenvalue weighted by molar-refractivity contribution is -0.127. The van der Waals surface area contributed by atoms with Gasteiger partial charge in [-0.2, -0.15) is 0 Å². The van der Waals surface area contributed by atoms with Gasteiger partial charge in [-0.3, -0.25) is 23.5 Å². The molecule has 8 heteroatoms. The molecule has 0 bridgehead atoms. The normalized spacial score (nSPS) is 16.3. The molecule has 1 aromatic carbocycles. The summed E-state index contributed by atoms with van der Waals surface area (Å²) in [6.07, 6.45) is 1.68. The first-order valence-corrected chi connectivity index (χ1v) is 9.80. The molecule has 3 heterocycles. The van der Waals surface area contributed by atoms with E-state index in [2.05, 4.69) is 20.4 Å². The lowest BCUT2D eigenvalue weighted by atomic mass is 9.95. The molecule has 148 valence electrons. The number of rotatable bonds is 4. The molecule has 0 aliphatic carbocycles. The highest BCUT2D eigenvalue weighted by Crippen LogP contribution is 2.20. The number of carbonyl (C=O) groups is 1. The van der Waals surface area contributed by atoms with Crippen molar-refractivity contribution < 1.29 is 4.79 Å². The lowest BCUT2D eigenvalue weighted by Crippen LogP contribution is -2.42. The van der Waals surface area contributed by atoms with Gasteiger partial charge in [0.1, 0.15) is 0 Å². The Bertz CT molecular complexity index is 1080. The molecule has 3 aromatic rings. The molecule has 1 saturated heterocycles. The molecule has 0 radical (unpaired) electrons. The van der Waals surface area contributed by atoms with E-state index >= 15 is 0 Å². The monoisotopic (exact) mass is 382 g/mol. The van der Waals surface area contributed by atoms with E-state index < -0.39 is 0 Å². The minimum Gasteiger partial charge on any atom is -0.354 e. The third-order valence-electron chi connectivity index (χ3n) is 5.45. The summed E-state index contributed by atoms with van der Waals surface area (Å²) in [4.78, 5) is 27.1. The highest BCUT2D eigenvalue weighted by molar-refractivity contribution is 5.80. The van der Waals surface area contributed by atoms with Crippen molar-refractivity contribution in [3.8, 4) is 0 Å². The topological polar surface area (TPSA) is 84.5 Å². The number of carbonyl (C=O) groups excluding carboxylic acids is 1. The van der Waals surface area contributed by atoms with Crippen LogP contribution in [0.2, 0.25) is 0 Å². The van der Waals surface area contributed by atoms with Gasteiger partial charge in [-0.15, -0.1) is 10.2 Å². The predicted octanol–water partition coefficient (Wildman–Crippen LogP) is 1.32. The van der Waals surface area contributed by atoms with Crippen LogP contribution in [0.4, 0.5) is 0 Å². The Morgan fingerprint density at radius 1 is 1.21 bits per heavy atom. The zero-order valence-corrected chi connectivity index (χ0v) is 16.6. The Morgan fingerprint density at radius 3 is 2.64 bits per heavy atom. The molecule has 1 aliphatic heterocycles. The van der Waals surface area contributed by atoms with Crippen LogP contribution in [0.1, 0.15) is 32.5 Å². The molecule has 0 saturated carbocycles. The van der Waals surface area contributed by atoms with Gasteiger partial charge in [0.15, 0.2) is 5.82 Å². The van der Waals surface area contributed by atoms with Crippen LogP contribution in [0.5, 0.6) is 0 Å². The third kappa shape index (κ3) is 3.28. The second kappa shape index (κ2) is 7.35. The number of nitrogens with zero attached hydrogens (tertiary/aromatic N) is 5.